The first-order valence-corrected chi connectivity index (χ1v) is 5.97. The average Bonchev–Trinajstić information content (AvgIpc) is 2.26. The van der Waals surface area contributed by atoms with Crippen molar-refractivity contribution in [1.82, 2.24) is 4.90 Å². The van der Waals surface area contributed by atoms with Crippen molar-refractivity contribution < 1.29 is 14.7 Å². The SMILES string of the molecule is CCC(C)C(=O)N1CC(C)CC(C(=O)O)C1. The summed E-state index contributed by atoms with van der Waals surface area (Å²) in [5.74, 6) is -0.798. The van der Waals surface area contributed by atoms with Crippen LogP contribution in [0.3, 0.4) is 0 Å². The molecule has 0 aliphatic carbocycles. The number of rotatable bonds is 3. The van der Waals surface area contributed by atoms with Gasteiger partial charge in [0.2, 0.25) is 5.91 Å². The first-order chi connectivity index (χ1) is 7.45. The number of amides is 1. The second-order valence-electron chi connectivity index (χ2n) is 4.93. The summed E-state index contributed by atoms with van der Waals surface area (Å²) in [7, 11) is 0. The first kappa shape index (κ1) is 13.0. The Balaban J connectivity index is 2.67. The van der Waals surface area contributed by atoms with E-state index in [1.807, 2.05) is 20.8 Å². The summed E-state index contributed by atoms with van der Waals surface area (Å²) in [4.78, 5) is 24.7. The standard InChI is InChI=1S/C12H21NO3/c1-4-9(3)11(14)13-6-8(2)5-10(7-13)12(15)16/h8-10H,4-7H2,1-3H3,(H,15,16). The molecule has 0 spiro atoms. The second-order valence-corrected chi connectivity index (χ2v) is 4.93. The molecule has 3 unspecified atom stereocenters. The molecule has 1 aliphatic heterocycles. The second kappa shape index (κ2) is 5.32. The van der Waals surface area contributed by atoms with Gasteiger partial charge in [0.25, 0.3) is 0 Å². The molecule has 16 heavy (non-hydrogen) atoms. The zero-order valence-corrected chi connectivity index (χ0v) is 10.3. The van der Waals surface area contributed by atoms with Crippen molar-refractivity contribution in [3.8, 4) is 0 Å². The molecule has 1 amide bonds. The number of carbonyl (C=O) groups is 2. The van der Waals surface area contributed by atoms with Crippen molar-refractivity contribution in [2.75, 3.05) is 13.1 Å². The van der Waals surface area contributed by atoms with Gasteiger partial charge in [-0.1, -0.05) is 20.8 Å². The molecular formula is C12H21NO3. The van der Waals surface area contributed by atoms with Crippen molar-refractivity contribution in [2.24, 2.45) is 17.8 Å². The molecular weight excluding hydrogens is 206 g/mol. The molecule has 92 valence electrons. The van der Waals surface area contributed by atoms with Crippen LogP contribution in [0.1, 0.15) is 33.6 Å². The number of hydrogen-bond donors (Lipinski definition) is 1. The number of carboxylic acids is 1. The Hall–Kier alpha value is -1.06. The maximum absolute atomic E-state index is 12.0. The summed E-state index contributed by atoms with van der Waals surface area (Å²) in [5.41, 5.74) is 0. The molecule has 1 N–H and O–H groups in total. The van der Waals surface area contributed by atoms with E-state index in [0.717, 1.165) is 6.42 Å². The van der Waals surface area contributed by atoms with E-state index in [1.165, 1.54) is 0 Å². The Bertz CT molecular complexity index is 277. The Morgan fingerprint density at radius 3 is 2.56 bits per heavy atom. The van der Waals surface area contributed by atoms with E-state index in [2.05, 4.69) is 0 Å². The minimum atomic E-state index is -0.784. The molecule has 4 nitrogen and oxygen atoms in total. The van der Waals surface area contributed by atoms with Crippen LogP contribution in [0, 0.1) is 17.8 Å². The van der Waals surface area contributed by atoms with Crippen molar-refractivity contribution in [2.45, 2.75) is 33.6 Å². The highest BCUT2D eigenvalue weighted by molar-refractivity contribution is 5.79. The van der Waals surface area contributed by atoms with Gasteiger partial charge in [-0.25, -0.2) is 0 Å². The van der Waals surface area contributed by atoms with Gasteiger partial charge < -0.3 is 10.0 Å². The third-order valence-electron chi connectivity index (χ3n) is 3.35. The highest BCUT2D eigenvalue weighted by Crippen LogP contribution is 2.23. The van der Waals surface area contributed by atoms with Crippen molar-refractivity contribution in [3.05, 3.63) is 0 Å². The van der Waals surface area contributed by atoms with Crippen LogP contribution in [0.5, 0.6) is 0 Å². The number of aliphatic carboxylic acids is 1. The maximum atomic E-state index is 12.0. The fourth-order valence-electron chi connectivity index (χ4n) is 2.20. The van der Waals surface area contributed by atoms with Crippen molar-refractivity contribution in [1.29, 1.82) is 0 Å². The smallest absolute Gasteiger partial charge is 0.308 e. The highest BCUT2D eigenvalue weighted by Gasteiger charge is 2.32. The van der Waals surface area contributed by atoms with E-state index in [0.29, 0.717) is 19.5 Å². The summed E-state index contributed by atoms with van der Waals surface area (Å²) >= 11 is 0. The molecule has 4 heteroatoms. The lowest BCUT2D eigenvalue weighted by atomic mass is 9.89. The maximum Gasteiger partial charge on any atom is 0.308 e. The molecule has 1 heterocycles. The highest BCUT2D eigenvalue weighted by atomic mass is 16.4. The van der Waals surface area contributed by atoms with Crippen LogP contribution in [0.2, 0.25) is 0 Å². The summed E-state index contributed by atoms with van der Waals surface area (Å²) < 4.78 is 0. The average molecular weight is 227 g/mol. The fourth-order valence-corrected chi connectivity index (χ4v) is 2.20. The van der Waals surface area contributed by atoms with Crippen LogP contribution >= 0.6 is 0 Å². The Morgan fingerprint density at radius 1 is 1.44 bits per heavy atom. The molecule has 1 saturated heterocycles. The largest absolute Gasteiger partial charge is 0.481 e. The van der Waals surface area contributed by atoms with Gasteiger partial charge >= 0.3 is 5.97 Å². The summed E-state index contributed by atoms with van der Waals surface area (Å²) in [5, 5.41) is 9.01. The zero-order valence-electron chi connectivity index (χ0n) is 10.3. The number of likely N-dealkylation sites (tertiary alicyclic amines) is 1. The van der Waals surface area contributed by atoms with Gasteiger partial charge in [0.15, 0.2) is 0 Å². The van der Waals surface area contributed by atoms with Crippen LogP contribution in [0.15, 0.2) is 0 Å². The number of nitrogens with zero attached hydrogens (tertiary/aromatic N) is 1. The molecule has 0 aromatic carbocycles. The third-order valence-corrected chi connectivity index (χ3v) is 3.35. The minimum Gasteiger partial charge on any atom is -0.481 e. The number of carbonyl (C=O) groups excluding carboxylic acids is 1. The predicted molar refractivity (Wildman–Crippen MR) is 60.9 cm³/mol. The van der Waals surface area contributed by atoms with E-state index in [-0.39, 0.29) is 17.7 Å². The number of hydrogen-bond acceptors (Lipinski definition) is 2. The molecule has 3 atom stereocenters. The molecule has 0 aromatic heterocycles. The van der Waals surface area contributed by atoms with Crippen LogP contribution in [-0.2, 0) is 9.59 Å². The number of carboxylic acid groups (broad SMARTS) is 1. The Morgan fingerprint density at radius 2 is 2.06 bits per heavy atom. The van der Waals surface area contributed by atoms with Crippen LogP contribution in [0.25, 0.3) is 0 Å². The zero-order chi connectivity index (χ0) is 12.3. The van der Waals surface area contributed by atoms with Gasteiger partial charge in [0, 0.05) is 19.0 Å². The van der Waals surface area contributed by atoms with Crippen molar-refractivity contribution in [3.63, 3.8) is 0 Å². The fraction of sp³-hybridized carbons (Fsp3) is 0.833. The van der Waals surface area contributed by atoms with Gasteiger partial charge in [-0.3, -0.25) is 9.59 Å². The molecule has 1 rings (SSSR count). The molecule has 0 aromatic rings. The molecule has 0 saturated carbocycles. The van der Waals surface area contributed by atoms with E-state index in [9.17, 15) is 9.59 Å². The van der Waals surface area contributed by atoms with Crippen LogP contribution < -0.4 is 0 Å². The van der Waals surface area contributed by atoms with Gasteiger partial charge in [-0.15, -0.1) is 0 Å². The van der Waals surface area contributed by atoms with E-state index < -0.39 is 11.9 Å². The lowest BCUT2D eigenvalue weighted by Gasteiger charge is -2.36. The molecule has 0 bridgehead atoms. The summed E-state index contributed by atoms with van der Waals surface area (Å²) in [6, 6.07) is 0. The van der Waals surface area contributed by atoms with Crippen LogP contribution in [-0.4, -0.2) is 35.0 Å². The van der Waals surface area contributed by atoms with Gasteiger partial charge in [0.05, 0.1) is 5.92 Å². The summed E-state index contributed by atoms with van der Waals surface area (Å²) in [6.07, 6.45) is 1.49. The van der Waals surface area contributed by atoms with E-state index in [4.69, 9.17) is 5.11 Å². The molecule has 1 aliphatic rings. The molecule has 1 fully saturated rings. The molecule has 0 radical (unpaired) electrons. The minimum absolute atomic E-state index is 0.000236. The van der Waals surface area contributed by atoms with Gasteiger partial charge in [-0.05, 0) is 18.8 Å². The Kier molecular flexibility index (Phi) is 4.33. The van der Waals surface area contributed by atoms with E-state index >= 15 is 0 Å². The lowest BCUT2D eigenvalue weighted by Crippen LogP contribution is -2.47. The predicted octanol–water partition coefficient (Wildman–Crippen LogP) is 1.60. The third kappa shape index (κ3) is 2.97. The van der Waals surface area contributed by atoms with Gasteiger partial charge in [-0.2, -0.15) is 0 Å². The topological polar surface area (TPSA) is 57.6 Å². The van der Waals surface area contributed by atoms with Crippen LogP contribution in [0.4, 0.5) is 0 Å². The lowest BCUT2D eigenvalue weighted by molar-refractivity contribution is -0.148. The van der Waals surface area contributed by atoms with Gasteiger partial charge in [0.1, 0.15) is 0 Å². The monoisotopic (exact) mass is 227 g/mol. The van der Waals surface area contributed by atoms with Crippen molar-refractivity contribution >= 4 is 11.9 Å². The Labute approximate surface area is 96.6 Å². The summed E-state index contributed by atoms with van der Waals surface area (Å²) in [6.45, 7) is 6.96. The normalized spacial score (nSPS) is 27.6. The van der Waals surface area contributed by atoms with E-state index in [1.54, 1.807) is 4.90 Å². The quantitative estimate of drug-likeness (QED) is 0.796. The number of piperidine rings is 1. The first-order valence-electron chi connectivity index (χ1n) is 5.97.